The van der Waals surface area contributed by atoms with Gasteiger partial charge in [0, 0.05) is 12.8 Å². The standard InChI is InChI=1S/C8H12O3/c1-5-7(3-8(5)10)4-11-6(2)9/h7-8,10H,1,3-4H2,2H3/t7-,8+/m0/s1. The molecule has 1 rings (SSSR count). The lowest BCUT2D eigenvalue weighted by Crippen LogP contribution is -2.35. The van der Waals surface area contributed by atoms with Gasteiger partial charge in [0.15, 0.2) is 0 Å². The molecule has 3 nitrogen and oxygen atoms in total. The highest BCUT2D eigenvalue weighted by molar-refractivity contribution is 5.65. The molecule has 1 saturated carbocycles. The Morgan fingerprint density at radius 2 is 2.55 bits per heavy atom. The first-order valence-electron chi connectivity index (χ1n) is 3.61. The maximum atomic E-state index is 10.4. The molecule has 2 atom stereocenters. The molecule has 1 N–H and O–H groups in total. The Labute approximate surface area is 65.7 Å². The van der Waals surface area contributed by atoms with E-state index >= 15 is 0 Å². The number of rotatable bonds is 2. The second kappa shape index (κ2) is 3.05. The normalized spacial score (nSPS) is 29.5. The molecular formula is C8H12O3. The van der Waals surface area contributed by atoms with Gasteiger partial charge in [-0.3, -0.25) is 4.79 Å². The molecule has 1 aliphatic carbocycles. The van der Waals surface area contributed by atoms with E-state index in [1.165, 1.54) is 6.92 Å². The highest BCUT2D eigenvalue weighted by atomic mass is 16.5. The molecule has 0 aromatic heterocycles. The first kappa shape index (κ1) is 8.27. The van der Waals surface area contributed by atoms with Crippen LogP contribution in [0.15, 0.2) is 12.2 Å². The third kappa shape index (κ3) is 1.80. The quantitative estimate of drug-likeness (QED) is 0.467. The Balaban J connectivity index is 2.20. The van der Waals surface area contributed by atoms with Crippen molar-refractivity contribution in [3.05, 3.63) is 12.2 Å². The smallest absolute Gasteiger partial charge is 0.302 e. The number of hydrogen-bond acceptors (Lipinski definition) is 3. The minimum atomic E-state index is -0.379. The number of ether oxygens (including phenoxy) is 1. The van der Waals surface area contributed by atoms with Gasteiger partial charge in [0.2, 0.25) is 0 Å². The first-order valence-corrected chi connectivity index (χ1v) is 3.61. The molecule has 0 saturated heterocycles. The number of carbonyl (C=O) groups excluding carboxylic acids is 1. The molecule has 62 valence electrons. The number of hydrogen-bond donors (Lipinski definition) is 1. The van der Waals surface area contributed by atoms with Crippen molar-refractivity contribution in [1.29, 1.82) is 0 Å². The third-order valence-corrected chi connectivity index (χ3v) is 1.95. The van der Waals surface area contributed by atoms with E-state index in [2.05, 4.69) is 6.58 Å². The van der Waals surface area contributed by atoms with Crippen molar-refractivity contribution in [3.63, 3.8) is 0 Å². The summed E-state index contributed by atoms with van der Waals surface area (Å²) in [5, 5.41) is 9.01. The van der Waals surface area contributed by atoms with E-state index in [-0.39, 0.29) is 18.0 Å². The summed E-state index contributed by atoms with van der Waals surface area (Å²) in [5.41, 5.74) is 0.784. The Bertz CT molecular complexity index is 186. The Morgan fingerprint density at radius 1 is 1.91 bits per heavy atom. The predicted molar refractivity (Wildman–Crippen MR) is 39.9 cm³/mol. The summed E-state index contributed by atoms with van der Waals surface area (Å²) in [7, 11) is 0. The average Bonchev–Trinajstić information content (AvgIpc) is 1.96. The summed E-state index contributed by atoms with van der Waals surface area (Å²) in [6.07, 6.45) is 0.294. The van der Waals surface area contributed by atoms with Crippen molar-refractivity contribution < 1.29 is 14.6 Å². The van der Waals surface area contributed by atoms with Crippen LogP contribution in [0.25, 0.3) is 0 Å². The molecule has 0 bridgehead atoms. The lowest BCUT2D eigenvalue weighted by Gasteiger charge is -2.33. The molecule has 3 heteroatoms. The Hall–Kier alpha value is -0.830. The molecule has 11 heavy (non-hydrogen) atoms. The van der Waals surface area contributed by atoms with Crippen LogP contribution in [0.3, 0.4) is 0 Å². The van der Waals surface area contributed by atoms with E-state index in [1.54, 1.807) is 0 Å². The van der Waals surface area contributed by atoms with Crippen LogP contribution in [-0.4, -0.2) is 23.8 Å². The van der Waals surface area contributed by atoms with Gasteiger partial charge in [-0.15, -0.1) is 0 Å². The molecule has 0 amide bonds. The maximum Gasteiger partial charge on any atom is 0.302 e. The maximum absolute atomic E-state index is 10.4. The molecule has 0 aromatic carbocycles. The number of aliphatic hydroxyl groups is 1. The lowest BCUT2D eigenvalue weighted by molar-refractivity contribution is -0.143. The predicted octanol–water partition coefficient (Wildman–Crippen LogP) is 0.486. The SMILES string of the molecule is C=C1[C@H](COC(C)=O)C[C@H]1O. The van der Waals surface area contributed by atoms with Crippen LogP contribution < -0.4 is 0 Å². The summed E-state index contributed by atoms with van der Waals surface area (Å²) in [6, 6.07) is 0. The Kier molecular flexibility index (Phi) is 2.29. The van der Waals surface area contributed by atoms with E-state index in [0.717, 1.165) is 5.57 Å². The van der Waals surface area contributed by atoms with Gasteiger partial charge in [-0.1, -0.05) is 6.58 Å². The molecule has 1 aliphatic rings. The van der Waals surface area contributed by atoms with Gasteiger partial charge >= 0.3 is 5.97 Å². The van der Waals surface area contributed by atoms with Crippen LogP contribution in [0.5, 0.6) is 0 Å². The van der Waals surface area contributed by atoms with E-state index in [0.29, 0.717) is 13.0 Å². The van der Waals surface area contributed by atoms with Gasteiger partial charge in [-0.2, -0.15) is 0 Å². The lowest BCUT2D eigenvalue weighted by atomic mass is 9.78. The van der Waals surface area contributed by atoms with Crippen LogP contribution in [0, 0.1) is 5.92 Å². The van der Waals surface area contributed by atoms with Crippen LogP contribution >= 0.6 is 0 Å². The monoisotopic (exact) mass is 156 g/mol. The van der Waals surface area contributed by atoms with Crippen molar-refractivity contribution in [2.75, 3.05) is 6.61 Å². The molecule has 0 spiro atoms. The van der Waals surface area contributed by atoms with Crippen molar-refractivity contribution in [3.8, 4) is 0 Å². The van der Waals surface area contributed by atoms with Crippen LogP contribution in [-0.2, 0) is 9.53 Å². The molecule has 1 fully saturated rings. The summed E-state index contributed by atoms with van der Waals surface area (Å²) >= 11 is 0. The fraction of sp³-hybridized carbons (Fsp3) is 0.625. The summed E-state index contributed by atoms with van der Waals surface area (Å²) in [6.45, 7) is 5.40. The van der Waals surface area contributed by atoms with Gasteiger partial charge in [0.25, 0.3) is 0 Å². The molecule has 0 unspecified atom stereocenters. The summed E-state index contributed by atoms with van der Waals surface area (Å²) in [4.78, 5) is 10.4. The van der Waals surface area contributed by atoms with Crippen LogP contribution in [0.2, 0.25) is 0 Å². The van der Waals surface area contributed by atoms with Crippen molar-refractivity contribution in [2.24, 2.45) is 5.92 Å². The van der Waals surface area contributed by atoms with Crippen molar-refractivity contribution in [2.45, 2.75) is 19.4 Å². The van der Waals surface area contributed by atoms with Crippen molar-refractivity contribution in [1.82, 2.24) is 0 Å². The van der Waals surface area contributed by atoms with E-state index in [9.17, 15) is 4.79 Å². The molecule has 0 aromatic rings. The molecule has 0 radical (unpaired) electrons. The third-order valence-electron chi connectivity index (χ3n) is 1.95. The fourth-order valence-corrected chi connectivity index (χ4v) is 1.08. The summed E-state index contributed by atoms with van der Waals surface area (Å²) < 4.78 is 4.75. The van der Waals surface area contributed by atoms with E-state index in [4.69, 9.17) is 9.84 Å². The first-order chi connectivity index (χ1) is 5.11. The molecular weight excluding hydrogens is 144 g/mol. The van der Waals surface area contributed by atoms with Crippen molar-refractivity contribution >= 4 is 5.97 Å². The van der Waals surface area contributed by atoms with Gasteiger partial charge in [0.05, 0.1) is 12.7 Å². The zero-order valence-electron chi connectivity index (χ0n) is 6.54. The van der Waals surface area contributed by atoms with E-state index in [1.807, 2.05) is 0 Å². The number of esters is 1. The second-order valence-electron chi connectivity index (χ2n) is 2.83. The Morgan fingerprint density at radius 3 is 2.91 bits per heavy atom. The highest BCUT2D eigenvalue weighted by Gasteiger charge is 2.32. The average molecular weight is 156 g/mol. The largest absolute Gasteiger partial charge is 0.465 e. The molecule has 0 heterocycles. The number of aliphatic hydroxyl groups excluding tert-OH is 1. The number of carbonyl (C=O) groups is 1. The summed E-state index contributed by atoms with van der Waals surface area (Å²) in [5.74, 6) is -0.104. The molecule has 0 aliphatic heterocycles. The minimum Gasteiger partial charge on any atom is -0.465 e. The topological polar surface area (TPSA) is 46.5 Å². The van der Waals surface area contributed by atoms with Gasteiger partial charge in [0.1, 0.15) is 0 Å². The highest BCUT2D eigenvalue weighted by Crippen LogP contribution is 2.32. The van der Waals surface area contributed by atoms with E-state index < -0.39 is 0 Å². The minimum absolute atomic E-state index is 0.175. The fourth-order valence-electron chi connectivity index (χ4n) is 1.08. The van der Waals surface area contributed by atoms with Crippen LogP contribution in [0.4, 0.5) is 0 Å². The van der Waals surface area contributed by atoms with Gasteiger partial charge in [-0.25, -0.2) is 0 Å². The van der Waals surface area contributed by atoms with Gasteiger partial charge in [-0.05, 0) is 12.0 Å². The van der Waals surface area contributed by atoms with Crippen LogP contribution in [0.1, 0.15) is 13.3 Å². The zero-order valence-corrected chi connectivity index (χ0v) is 6.54. The second-order valence-corrected chi connectivity index (χ2v) is 2.83. The zero-order chi connectivity index (χ0) is 8.43. The van der Waals surface area contributed by atoms with Gasteiger partial charge < -0.3 is 9.84 Å².